The molecule has 0 bridgehead atoms. The highest BCUT2D eigenvalue weighted by atomic mass is 16.5. The number of fused-ring (bicyclic) bond motifs is 1. The number of rotatable bonds is 3. The van der Waals surface area contributed by atoms with Gasteiger partial charge in [-0.2, -0.15) is 0 Å². The van der Waals surface area contributed by atoms with Gasteiger partial charge in [-0.25, -0.2) is 4.79 Å². The fourth-order valence-electron chi connectivity index (χ4n) is 2.44. The van der Waals surface area contributed by atoms with Crippen LogP contribution >= 0.6 is 0 Å². The van der Waals surface area contributed by atoms with E-state index in [4.69, 9.17) is 9.72 Å². The van der Waals surface area contributed by atoms with Crippen LogP contribution in [0.25, 0.3) is 0 Å². The molecule has 0 N–H and O–H groups in total. The first-order valence-electron chi connectivity index (χ1n) is 6.91. The minimum Gasteiger partial charge on any atom is -0.462 e. The fraction of sp³-hybridized carbons (Fsp3) is 0.600. The summed E-state index contributed by atoms with van der Waals surface area (Å²) in [5, 5.41) is 0. The maximum Gasteiger partial charge on any atom is 0.339 e. The van der Waals surface area contributed by atoms with Crippen LogP contribution in [0.1, 0.15) is 54.0 Å². The van der Waals surface area contributed by atoms with E-state index in [9.17, 15) is 4.79 Å². The fourth-order valence-corrected chi connectivity index (χ4v) is 2.44. The molecule has 0 spiro atoms. The Hall–Kier alpha value is -1.42. The van der Waals surface area contributed by atoms with E-state index >= 15 is 0 Å². The number of ether oxygens (including phenoxy) is 1. The first kappa shape index (κ1) is 14.0. The van der Waals surface area contributed by atoms with E-state index in [0.29, 0.717) is 12.2 Å². The summed E-state index contributed by atoms with van der Waals surface area (Å²) in [6, 6.07) is 1.98. The summed E-state index contributed by atoms with van der Waals surface area (Å²) in [5.41, 5.74) is 3.78. The minimum absolute atomic E-state index is 0.226. The van der Waals surface area contributed by atoms with Crippen molar-refractivity contribution in [2.24, 2.45) is 0 Å². The third kappa shape index (κ3) is 2.95. The molecule has 1 aliphatic heterocycles. The molecule has 2 rings (SSSR count). The molecule has 0 aliphatic carbocycles. The third-order valence-electron chi connectivity index (χ3n) is 3.43. The Morgan fingerprint density at radius 3 is 2.89 bits per heavy atom. The van der Waals surface area contributed by atoms with Gasteiger partial charge in [0, 0.05) is 25.2 Å². The molecule has 4 heteroatoms. The van der Waals surface area contributed by atoms with Gasteiger partial charge in [0.05, 0.1) is 17.9 Å². The van der Waals surface area contributed by atoms with E-state index in [-0.39, 0.29) is 11.9 Å². The van der Waals surface area contributed by atoms with Gasteiger partial charge in [-0.15, -0.1) is 0 Å². The van der Waals surface area contributed by atoms with Gasteiger partial charge in [-0.1, -0.05) is 13.8 Å². The molecule has 0 amide bonds. The van der Waals surface area contributed by atoms with Gasteiger partial charge < -0.3 is 9.64 Å². The van der Waals surface area contributed by atoms with Crippen LogP contribution in [0.4, 0.5) is 0 Å². The summed E-state index contributed by atoms with van der Waals surface area (Å²) in [7, 11) is 2.09. The van der Waals surface area contributed by atoms with Crippen LogP contribution in [-0.4, -0.2) is 36.1 Å². The maximum absolute atomic E-state index is 12.1. The predicted octanol–water partition coefficient (Wildman–Crippen LogP) is 2.37. The van der Waals surface area contributed by atoms with E-state index in [1.54, 1.807) is 0 Å². The number of carbonyl (C=O) groups is 1. The molecule has 19 heavy (non-hydrogen) atoms. The third-order valence-corrected chi connectivity index (χ3v) is 3.43. The van der Waals surface area contributed by atoms with Crippen molar-refractivity contribution in [1.29, 1.82) is 0 Å². The average molecular weight is 262 g/mol. The number of pyridine rings is 1. The van der Waals surface area contributed by atoms with E-state index in [2.05, 4.69) is 25.8 Å². The number of carbonyl (C=O) groups excluding carboxylic acids is 1. The summed E-state index contributed by atoms with van der Waals surface area (Å²) < 4.78 is 5.14. The van der Waals surface area contributed by atoms with Crippen LogP contribution in [0.15, 0.2) is 6.07 Å². The zero-order chi connectivity index (χ0) is 14.0. The second-order valence-electron chi connectivity index (χ2n) is 5.39. The molecule has 1 aromatic rings. The number of nitrogens with zero attached hydrogens (tertiary/aromatic N) is 2. The zero-order valence-electron chi connectivity index (χ0n) is 12.2. The Morgan fingerprint density at radius 1 is 1.53 bits per heavy atom. The zero-order valence-corrected chi connectivity index (χ0v) is 12.2. The number of hydrogen-bond donors (Lipinski definition) is 0. The summed E-state index contributed by atoms with van der Waals surface area (Å²) in [6.07, 6.45) is 0.953. The Bertz CT molecular complexity index is 483. The van der Waals surface area contributed by atoms with Crippen molar-refractivity contribution >= 4 is 5.97 Å². The topological polar surface area (TPSA) is 42.4 Å². The van der Waals surface area contributed by atoms with Crippen molar-refractivity contribution in [2.45, 2.75) is 39.7 Å². The molecule has 1 aromatic heterocycles. The summed E-state index contributed by atoms with van der Waals surface area (Å²) in [5.74, 6) is -0.0286. The monoisotopic (exact) mass is 262 g/mol. The molecule has 0 saturated heterocycles. The molecule has 0 aromatic carbocycles. The highest BCUT2D eigenvalue weighted by Gasteiger charge is 2.22. The minimum atomic E-state index is -0.255. The van der Waals surface area contributed by atoms with Crippen molar-refractivity contribution < 1.29 is 9.53 Å². The largest absolute Gasteiger partial charge is 0.462 e. The number of esters is 1. The molecule has 1 aliphatic rings. The van der Waals surface area contributed by atoms with Crippen molar-refractivity contribution in [3.63, 3.8) is 0 Å². The highest BCUT2D eigenvalue weighted by molar-refractivity contribution is 5.91. The molecule has 4 nitrogen and oxygen atoms in total. The van der Waals surface area contributed by atoms with Crippen LogP contribution in [0.2, 0.25) is 0 Å². The summed E-state index contributed by atoms with van der Waals surface area (Å²) >= 11 is 0. The molecule has 0 saturated carbocycles. The van der Waals surface area contributed by atoms with Gasteiger partial charge in [-0.05, 0) is 31.5 Å². The Kier molecular flexibility index (Phi) is 4.20. The number of hydrogen-bond acceptors (Lipinski definition) is 4. The lowest BCUT2D eigenvalue weighted by molar-refractivity contribution is 0.0523. The molecule has 0 unspecified atom stereocenters. The number of likely N-dealkylation sites (N-methyl/N-ethyl adjacent to an activating group) is 1. The highest BCUT2D eigenvalue weighted by Crippen LogP contribution is 2.24. The van der Waals surface area contributed by atoms with Crippen molar-refractivity contribution in [2.75, 3.05) is 20.2 Å². The van der Waals surface area contributed by atoms with Gasteiger partial charge in [0.2, 0.25) is 0 Å². The van der Waals surface area contributed by atoms with Crippen LogP contribution in [0, 0.1) is 0 Å². The molecule has 0 fully saturated rings. The molecule has 0 radical (unpaired) electrons. The molecule has 2 heterocycles. The normalized spacial score (nSPS) is 15.4. The standard InChI is InChI=1S/C15H22N2O2/c1-5-19-15(18)12-8-11-9-17(4)7-6-13(11)16-14(12)10(2)3/h8,10H,5-7,9H2,1-4H3. The van der Waals surface area contributed by atoms with Crippen LogP contribution in [0.3, 0.4) is 0 Å². The lowest BCUT2D eigenvalue weighted by Gasteiger charge is -2.26. The van der Waals surface area contributed by atoms with E-state index < -0.39 is 0 Å². The van der Waals surface area contributed by atoms with E-state index in [1.807, 2.05) is 13.0 Å². The lowest BCUT2D eigenvalue weighted by atomic mass is 9.97. The van der Waals surface area contributed by atoms with E-state index in [0.717, 1.165) is 36.5 Å². The lowest BCUT2D eigenvalue weighted by Crippen LogP contribution is -2.28. The summed E-state index contributed by atoms with van der Waals surface area (Å²) in [6.45, 7) is 8.22. The van der Waals surface area contributed by atoms with Crippen LogP contribution < -0.4 is 0 Å². The van der Waals surface area contributed by atoms with Crippen molar-refractivity contribution in [1.82, 2.24) is 9.88 Å². The Labute approximate surface area is 114 Å². The first-order chi connectivity index (χ1) is 9.02. The van der Waals surface area contributed by atoms with Crippen molar-refractivity contribution in [3.8, 4) is 0 Å². The quantitative estimate of drug-likeness (QED) is 0.784. The SMILES string of the molecule is CCOC(=O)c1cc2c(nc1C(C)C)CCN(C)C2. The van der Waals surface area contributed by atoms with Gasteiger partial charge in [0.1, 0.15) is 0 Å². The second kappa shape index (κ2) is 5.70. The van der Waals surface area contributed by atoms with Gasteiger partial charge in [-0.3, -0.25) is 4.98 Å². The van der Waals surface area contributed by atoms with Gasteiger partial charge in [0.25, 0.3) is 0 Å². The first-order valence-corrected chi connectivity index (χ1v) is 6.91. The Morgan fingerprint density at radius 2 is 2.26 bits per heavy atom. The molecule has 104 valence electrons. The second-order valence-corrected chi connectivity index (χ2v) is 5.39. The van der Waals surface area contributed by atoms with Gasteiger partial charge in [0.15, 0.2) is 0 Å². The van der Waals surface area contributed by atoms with Crippen molar-refractivity contribution in [3.05, 3.63) is 28.6 Å². The molecular formula is C15H22N2O2. The smallest absolute Gasteiger partial charge is 0.339 e. The number of aromatic nitrogens is 1. The molecular weight excluding hydrogens is 240 g/mol. The van der Waals surface area contributed by atoms with Crippen LogP contribution in [-0.2, 0) is 17.7 Å². The summed E-state index contributed by atoms with van der Waals surface area (Å²) in [4.78, 5) is 19.0. The predicted molar refractivity (Wildman–Crippen MR) is 74.3 cm³/mol. The average Bonchev–Trinajstić information content (AvgIpc) is 2.37. The maximum atomic E-state index is 12.1. The molecule has 0 atom stereocenters. The van der Waals surface area contributed by atoms with Gasteiger partial charge >= 0.3 is 5.97 Å². The van der Waals surface area contributed by atoms with E-state index in [1.165, 1.54) is 0 Å². The van der Waals surface area contributed by atoms with Crippen LogP contribution in [0.5, 0.6) is 0 Å². The Balaban J connectivity index is 2.45.